The van der Waals surface area contributed by atoms with Gasteiger partial charge in [0.25, 0.3) is 0 Å². The second kappa shape index (κ2) is 8.37. The van der Waals surface area contributed by atoms with E-state index < -0.39 is 0 Å². The van der Waals surface area contributed by atoms with Crippen LogP contribution in [-0.2, 0) is 17.9 Å². The zero-order valence-electron chi connectivity index (χ0n) is 14.7. The normalized spacial score (nSPS) is 11.2. The summed E-state index contributed by atoms with van der Waals surface area (Å²) in [6.45, 7) is 6.80. The Morgan fingerprint density at radius 2 is 2.04 bits per heavy atom. The van der Waals surface area contributed by atoms with Crippen molar-refractivity contribution in [1.29, 1.82) is 0 Å². The molecule has 5 heteroatoms. The summed E-state index contributed by atoms with van der Waals surface area (Å²) in [7, 11) is 0. The fraction of sp³-hybridized carbons (Fsp3) is 0.350. The van der Waals surface area contributed by atoms with Gasteiger partial charge in [0, 0.05) is 24.8 Å². The first kappa shape index (κ1) is 17.8. The Hall–Kier alpha value is -2.04. The van der Waals surface area contributed by atoms with E-state index in [4.69, 9.17) is 26.1 Å². The Morgan fingerprint density at radius 1 is 1.16 bits per heavy atom. The van der Waals surface area contributed by atoms with Crippen molar-refractivity contribution in [1.82, 2.24) is 9.55 Å². The summed E-state index contributed by atoms with van der Waals surface area (Å²) in [6.07, 6.45) is 0.930. The van der Waals surface area contributed by atoms with Gasteiger partial charge in [-0.3, -0.25) is 0 Å². The lowest BCUT2D eigenvalue weighted by Gasteiger charge is -2.11. The van der Waals surface area contributed by atoms with Crippen LogP contribution in [0.3, 0.4) is 0 Å². The SMILES string of the molecule is CCOCCCn1c(COc2cccc(C)c2)nc2cc(Cl)ccc21. The number of aromatic nitrogens is 2. The Labute approximate surface area is 153 Å². The number of imidazole rings is 1. The predicted molar refractivity (Wildman–Crippen MR) is 101 cm³/mol. The molecule has 25 heavy (non-hydrogen) atoms. The van der Waals surface area contributed by atoms with E-state index in [1.54, 1.807) is 0 Å². The third-order valence-corrected chi connectivity index (χ3v) is 4.26. The molecule has 3 rings (SSSR count). The molecule has 1 aromatic heterocycles. The maximum absolute atomic E-state index is 6.12. The summed E-state index contributed by atoms with van der Waals surface area (Å²) >= 11 is 6.12. The van der Waals surface area contributed by atoms with Crippen LogP contribution in [0.5, 0.6) is 5.75 Å². The molecule has 0 aliphatic carbocycles. The van der Waals surface area contributed by atoms with E-state index in [-0.39, 0.29) is 0 Å². The van der Waals surface area contributed by atoms with Crippen LogP contribution in [0.2, 0.25) is 5.02 Å². The third-order valence-electron chi connectivity index (χ3n) is 4.02. The molecule has 4 nitrogen and oxygen atoms in total. The number of hydrogen-bond donors (Lipinski definition) is 0. The first-order valence-corrected chi connectivity index (χ1v) is 8.97. The van der Waals surface area contributed by atoms with Gasteiger partial charge in [0.1, 0.15) is 18.2 Å². The van der Waals surface area contributed by atoms with Crippen molar-refractivity contribution in [3.05, 3.63) is 58.9 Å². The molecule has 2 aromatic carbocycles. The van der Waals surface area contributed by atoms with Crippen LogP contribution in [0.15, 0.2) is 42.5 Å². The number of fused-ring (bicyclic) bond motifs is 1. The van der Waals surface area contributed by atoms with Gasteiger partial charge in [-0.05, 0) is 56.2 Å². The van der Waals surface area contributed by atoms with Gasteiger partial charge in [-0.25, -0.2) is 4.98 Å². The van der Waals surface area contributed by atoms with Gasteiger partial charge in [-0.2, -0.15) is 0 Å². The van der Waals surface area contributed by atoms with Gasteiger partial charge < -0.3 is 14.0 Å². The fourth-order valence-electron chi connectivity index (χ4n) is 2.83. The predicted octanol–water partition coefficient (Wildman–Crippen LogP) is 5.00. The monoisotopic (exact) mass is 358 g/mol. The van der Waals surface area contributed by atoms with Crippen molar-refractivity contribution < 1.29 is 9.47 Å². The third kappa shape index (κ3) is 4.53. The first-order chi connectivity index (χ1) is 12.2. The molecule has 0 bridgehead atoms. The van der Waals surface area contributed by atoms with E-state index in [9.17, 15) is 0 Å². The van der Waals surface area contributed by atoms with Gasteiger partial charge >= 0.3 is 0 Å². The minimum Gasteiger partial charge on any atom is -0.486 e. The molecule has 0 unspecified atom stereocenters. The van der Waals surface area contributed by atoms with Gasteiger partial charge in [-0.1, -0.05) is 23.7 Å². The molecule has 0 fully saturated rings. The Morgan fingerprint density at radius 3 is 2.84 bits per heavy atom. The van der Waals surface area contributed by atoms with E-state index in [1.165, 1.54) is 5.56 Å². The molecule has 1 heterocycles. The highest BCUT2D eigenvalue weighted by molar-refractivity contribution is 6.31. The number of halogens is 1. The van der Waals surface area contributed by atoms with Crippen LogP contribution < -0.4 is 4.74 Å². The topological polar surface area (TPSA) is 36.3 Å². The van der Waals surface area contributed by atoms with Crippen LogP contribution >= 0.6 is 11.6 Å². The lowest BCUT2D eigenvalue weighted by Crippen LogP contribution is -2.09. The molecule has 132 valence electrons. The highest BCUT2D eigenvalue weighted by atomic mass is 35.5. The summed E-state index contributed by atoms with van der Waals surface area (Å²) in [5.74, 6) is 1.75. The van der Waals surface area contributed by atoms with Crippen molar-refractivity contribution in [3.8, 4) is 5.75 Å². The molecule has 0 saturated carbocycles. The number of nitrogens with zero attached hydrogens (tertiary/aromatic N) is 2. The molecule has 0 spiro atoms. The zero-order valence-corrected chi connectivity index (χ0v) is 15.4. The molecule has 0 aliphatic heterocycles. The second-order valence-corrected chi connectivity index (χ2v) is 6.40. The first-order valence-electron chi connectivity index (χ1n) is 8.59. The summed E-state index contributed by atoms with van der Waals surface area (Å²) in [5, 5.41) is 0.692. The molecule has 0 aliphatic rings. The molecule has 0 radical (unpaired) electrons. The summed E-state index contributed by atoms with van der Waals surface area (Å²) in [5.41, 5.74) is 3.14. The van der Waals surface area contributed by atoms with E-state index in [2.05, 4.69) is 17.6 Å². The zero-order chi connectivity index (χ0) is 17.6. The average Bonchev–Trinajstić information content (AvgIpc) is 2.93. The molecule has 0 atom stereocenters. The van der Waals surface area contributed by atoms with E-state index in [1.807, 2.05) is 43.3 Å². The van der Waals surface area contributed by atoms with Crippen LogP contribution in [0.1, 0.15) is 24.7 Å². The van der Waals surface area contributed by atoms with Gasteiger partial charge in [-0.15, -0.1) is 0 Å². The standard InChI is InChI=1S/C20H23ClN2O2/c1-3-24-11-5-10-23-19-9-8-16(21)13-18(19)22-20(23)14-25-17-7-4-6-15(2)12-17/h4,6-9,12-13H,3,5,10-11,14H2,1-2H3. The second-order valence-electron chi connectivity index (χ2n) is 5.97. The summed E-state index contributed by atoms with van der Waals surface area (Å²) < 4.78 is 13.6. The van der Waals surface area contributed by atoms with E-state index >= 15 is 0 Å². The number of rotatable bonds is 8. The largest absolute Gasteiger partial charge is 0.486 e. The van der Waals surface area contributed by atoms with Crippen LogP contribution in [0, 0.1) is 6.92 Å². The summed E-state index contributed by atoms with van der Waals surface area (Å²) in [4.78, 5) is 4.72. The minimum atomic E-state index is 0.421. The fourth-order valence-corrected chi connectivity index (χ4v) is 3.00. The quantitative estimate of drug-likeness (QED) is 0.531. The van der Waals surface area contributed by atoms with E-state index in [0.29, 0.717) is 11.6 Å². The Balaban J connectivity index is 1.81. The maximum Gasteiger partial charge on any atom is 0.148 e. The molecule has 0 amide bonds. The smallest absolute Gasteiger partial charge is 0.148 e. The number of ether oxygens (including phenoxy) is 2. The summed E-state index contributed by atoms with van der Waals surface area (Å²) in [6, 6.07) is 13.8. The number of benzene rings is 2. The van der Waals surface area contributed by atoms with Gasteiger partial charge in [0.15, 0.2) is 0 Å². The van der Waals surface area contributed by atoms with Gasteiger partial charge in [0.05, 0.1) is 11.0 Å². The average molecular weight is 359 g/mol. The highest BCUT2D eigenvalue weighted by Crippen LogP contribution is 2.22. The van der Waals surface area contributed by atoms with Crippen molar-refractivity contribution >= 4 is 22.6 Å². The Bertz CT molecular complexity index is 845. The maximum atomic E-state index is 6.12. The molecule has 3 aromatic rings. The van der Waals surface area contributed by atoms with Crippen LogP contribution in [0.4, 0.5) is 0 Å². The van der Waals surface area contributed by atoms with Crippen LogP contribution in [-0.4, -0.2) is 22.8 Å². The van der Waals surface area contributed by atoms with Crippen molar-refractivity contribution in [2.24, 2.45) is 0 Å². The van der Waals surface area contributed by atoms with Crippen LogP contribution in [0.25, 0.3) is 11.0 Å². The number of hydrogen-bond acceptors (Lipinski definition) is 3. The van der Waals surface area contributed by atoms with Crippen molar-refractivity contribution in [3.63, 3.8) is 0 Å². The lowest BCUT2D eigenvalue weighted by atomic mass is 10.2. The van der Waals surface area contributed by atoms with Crippen molar-refractivity contribution in [2.75, 3.05) is 13.2 Å². The molecular formula is C20H23ClN2O2. The Kier molecular flexibility index (Phi) is 5.95. The minimum absolute atomic E-state index is 0.421. The van der Waals surface area contributed by atoms with Crippen molar-refractivity contribution in [2.45, 2.75) is 33.4 Å². The number of aryl methyl sites for hydroxylation is 2. The highest BCUT2D eigenvalue weighted by Gasteiger charge is 2.12. The molecular weight excluding hydrogens is 336 g/mol. The van der Waals surface area contributed by atoms with Gasteiger partial charge in [0.2, 0.25) is 0 Å². The van der Waals surface area contributed by atoms with E-state index in [0.717, 1.165) is 48.8 Å². The molecule has 0 N–H and O–H groups in total. The molecule has 0 saturated heterocycles. The lowest BCUT2D eigenvalue weighted by molar-refractivity contribution is 0.141.